The van der Waals surface area contributed by atoms with E-state index in [1.807, 2.05) is 18.2 Å². The van der Waals surface area contributed by atoms with Gasteiger partial charge in [-0.3, -0.25) is 4.79 Å². The lowest BCUT2D eigenvalue weighted by molar-refractivity contribution is -0.141. The highest BCUT2D eigenvalue weighted by Crippen LogP contribution is 2.03. The van der Waals surface area contributed by atoms with Gasteiger partial charge in [0.15, 0.2) is 0 Å². The molecule has 0 saturated carbocycles. The van der Waals surface area contributed by atoms with E-state index < -0.39 is 17.9 Å². The van der Waals surface area contributed by atoms with Crippen molar-refractivity contribution in [2.24, 2.45) is 0 Å². The van der Waals surface area contributed by atoms with Crippen LogP contribution in [0, 0.1) is 0 Å². The van der Waals surface area contributed by atoms with Crippen molar-refractivity contribution in [2.45, 2.75) is 18.9 Å². The van der Waals surface area contributed by atoms with Crippen LogP contribution in [0.2, 0.25) is 0 Å². The van der Waals surface area contributed by atoms with Gasteiger partial charge >= 0.3 is 5.97 Å². The van der Waals surface area contributed by atoms with Gasteiger partial charge < -0.3 is 15.5 Å². The van der Waals surface area contributed by atoms with Crippen LogP contribution in [0.25, 0.3) is 0 Å². The highest BCUT2D eigenvalue weighted by molar-refractivity contribution is 5.83. The minimum absolute atomic E-state index is 0.0848. The van der Waals surface area contributed by atoms with Crippen molar-refractivity contribution in [1.29, 1.82) is 0 Å². The maximum atomic E-state index is 11.2. The van der Waals surface area contributed by atoms with Gasteiger partial charge in [0.2, 0.25) is 5.91 Å². The molecule has 5 nitrogen and oxygen atoms in total. The number of benzene rings is 1. The van der Waals surface area contributed by atoms with Crippen molar-refractivity contribution >= 4 is 11.9 Å². The summed E-state index contributed by atoms with van der Waals surface area (Å²) in [6, 6.07) is 8.09. The maximum Gasteiger partial charge on any atom is 0.326 e. The number of carbonyl (C=O) groups is 2. The fourth-order valence-electron chi connectivity index (χ4n) is 1.42. The molecule has 1 aromatic rings. The number of aliphatic hydroxyl groups excluding tert-OH is 1. The van der Waals surface area contributed by atoms with Gasteiger partial charge in [-0.2, -0.15) is 0 Å². The standard InChI is InChI=1S/C12H15NO4/c14-7-6-11(15)13-10(12(16)17)8-9-4-2-1-3-5-9/h1-5,10,14H,6-8H2,(H,13,15)(H,16,17)/t10-/m0/s1. The molecule has 0 aliphatic heterocycles. The van der Waals surface area contributed by atoms with Crippen LogP contribution in [0.4, 0.5) is 0 Å². The first-order valence-electron chi connectivity index (χ1n) is 5.30. The van der Waals surface area contributed by atoms with E-state index in [4.69, 9.17) is 10.2 Å². The number of amides is 1. The third kappa shape index (κ3) is 4.65. The van der Waals surface area contributed by atoms with Crippen LogP contribution in [0.15, 0.2) is 30.3 Å². The van der Waals surface area contributed by atoms with E-state index in [9.17, 15) is 9.59 Å². The number of hydrogen-bond donors (Lipinski definition) is 3. The molecule has 1 rings (SSSR count). The van der Waals surface area contributed by atoms with Crippen LogP contribution < -0.4 is 5.32 Å². The number of carbonyl (C=O) groups excluding carboxylic acids is 1. The van der Waals surface area contributed by atoms with Crippen LogP contribution in [0.5, 0.6) is 0 Å². The third-order valence-corrected chi connectivity index (χ3v) is 2.25. The Labute approximate surface area is 99.1 Å². The Bertz CT molecular complexity index is 377. The van der Waals surface area contributed by atoms with Crippen molar-refractivity contribution in [1.82, 2.24) is 5.32 Å². The summed E-state index contributed by atoms with van der Waals surface area (Å²) in [7, 11) is 0. The van der Waals surface area contributed by atoms with Gasteiger partial charge in [-0.1, -0.05) is 30.3 Å². The molecule has 0 bridgehead atoms. The Balaban J connectivity index is 2.61. The molecule has 0 saturated heterocycles. The van der Waals surface area contributed by atoms with E-state index in [1.165, 1.54) is 0 Å². The lowest BCUT2D eigenvalue weighted by Gasteiger charge is -2.14. The summed E-state index contributed by atoms with van der Waals surface area (Å²) in [5.74, 6) is -1.55. The van der Waals surface area contributed by atoms with Crippen molar-refractivity contribution < 1.29 is 19.8 Å². The van der Waals surface area contributed by atoms with E-state index >= 15 is 0 Å². The first-order chi connectivity index (χ1) is 8.13. The molecule has 3 N–H and O–H groups in total. The Hall–Kier alpha value is -1.88. The van der Waals surface area contributed by atoms with Gasteiger partial charge in [-0.25, -0.2) is 4.79 Å². The molecule has 0 aliphatic carbocycles. The predicted molar refractivity (Wildman–Crippen MR) is 61.4 cm³/mol. The second-order valence-electron chi connectivity index (χ2n) is 3.62. The quantitative estimate of drug-likeness (QED) is 0.658. The second kappa shape index (κ2) is 6.65. The van der Waals surface area contributed by atoms with Crippen LogP contribution in [-0.2, 0) is 16.0 Å². The fraction of sp³-hybridized carbons (Fsp3) is 0.333. The van der Waals surface area contributed by atoms with Gasteiger partial charge in [0, 0.05) is 12.8 Å². The van der Waals surface area contributed by atoms with E-state index in [-0.39, 0.29) is 19.4 Å². The number of carboxylic acids is 1. The van der Waals surface area contributed by atoms with Crippen molar-refractivity contribution in [3.8, 4) is 0 Å². The van der Waals surface area contributed by atoms with Crippen LogP contribution in [-0.4, -0.2) is 34.7 Å². The largest absolute Gasteiger partial charge is 0.480 e. The van der Waals surface area contributed by atoms with Crippen LogP contribution in [0.1, 0.15) is 12.0 Å². The number of aliphatic carboxylic acids is 1. The minimum atomic E-state index is -1.08. The zero-order valence-electron chi connectivity index (χ0n) is 9.30. The summed E-state index contributed by atoms with van der Waals surface area (Å²) in [6.45, 7) is -0.288. The predicted octanol–water partition coefficient (Wildman–Crippen LogP) is 0.181. The van der Waals surface area contributed by atoms with Crippen LogP contribution >= 0.6 is 0 Å². The average Bonchev–Trinajstić information content (AvgIpc) is 2.29. The summed E-state index contributed by atoms with van der Waals surface area (Å²) >= 11 is 0. The fourth-order valence-corrected chi connectivity index (χ4v) is 1.42. The molecule has 17 heavy (non-hydrogen) atoms. The molecule has 5 heteroatoms. The highest BCUT2D eigenvalue weighted by Gasteiger charge is 2.19. The molecular formula is C12H15NO4. The van der Waals surface area contributed by atoms with E-state index in [2.05, 4.69) is 5.32 Å². The normalized spacial score (nSPS) is 11.8. The lowest BCUT2D eigenvalue weighted by Crippen LogP contribution is -2.42. The molecule has 0 aliphatic rings. The smallest absolute Gasteiger partial charge is 0.326 e. The third-order valence-electron chi connectivity index (χ3n) is 2.25. The topological polar surface area (TPSA) is 86.6 Å². The number of carboxylic acid groups (broad SMARTS) is 1. The number of nitrogens with one attached hydrogen (secondary N) is 1. The Morgan fingerprint density at radius 2 is 1.88 bits per heavy atom. The number of aliphatic hydroxyl groups is 1. The van der Waals surface area contributed by atoms with E-state index in [1.54, 1.807) is 12.1 Å². The monoisotopic (exact) mass is 237 g/mol. The van der Waals surface area contributed by atoms with Crippen molar-refractivity contribution in [3.05, 3.63) is 35.9 Å². The summed E-state index contributed by atoms with van der Waals surface area (Å²) in [5, 5.41) is 19.9. The first-order valence-corrected chi connectivity index (χ1v) is 5.30. The average molecular weight is 237 g/mol. The molecule has 0 heterocycles. The maximum absolute atomic E-state index is 11.2. The van der Waals surface area contributed by atoms with Crippen molar-refractivity contribution in [2.75, 3.05) is 6.61 Å². The van der Waals surface area contributed by atoms with Gasteiger partial charge in [0.25, 0.3) is 0 Å². The summed E-state index contributed by atoms with van der Waals surface area (Å²) < 4.78 is 0. The van der Waals surface area contributed by atoms with Crippen LogP contribution in [0.3, 0.4) is 0 Å². The Kier molecular flexibility index (Phi) is 5.16. The molecule has 0 fully saturated rings. The van der Waals surface area contributed by atoms with Crippen molar-refractivity contribution in [3.63, 3.8) is 0 Å². The summed E-state index contributed by atoms with van der Waals surface area (Å²) in [5.41, 5.74) is 0.837. The molecule has 0 unspecified atom stereocenters. The summed E-state index contributed by atoms with van der Waals surface area (Å²) in [6.07, 6.45) is 0.145. The molecule has 0 spiro atoms. The lowest BCUT2D eigenvalue weighted by atomic mass is 10.1. The number of hydrogen-bond acceptors (Lipinski definition) is 3. The molecule has 1 atom stereocenters. The minimum Gasteiger partial charge on any atom is -0.480 e. The zero-order chi connectivity index (χ0) is 12.7. The van der Waals surface area contributed by atoms with Gasteiger partial charge in [-0.05, 0) is 5.56 Å². The Morgan fingerprint density at radius 3 is 2.41 bits per heavy atom. The van der Waals surface area contributed by atoms with Gasteiger partial charge in [0.05, 0.1) is 6.61 Å². The molecule has 92 valence electrons. The van der Waals surface area contributed by atoms with Gasteiger partial charge in [-0.15, -0.1) is 0 Å². The first kappa shape index (κ1) is 13.2. The van der Waals surface area contributed by atoms with E-state index in [0.717, 1.165) is 5.56 Å². The molecule has 0 aromatic heterocycles. The summed E-state index contributed by atoms with van der Waals surface area (Å²) in [4.78, 5) is 22.2. The SMILES string of the molecule is O=C(CCO)N[C@@H](Cc1ccccc1)C(=O)O. The Morgan fingerprint density at radius 1 is 1.24 bits per heavy atom. The molecular weight excluding hydrogens is 222 g/mol. The molecule has 1 aromatic carbocycles. The molecule has 1 amide bonds. The van der Waals surface area contributed by atoms with E-state index in [0.29, 0.717) is 0 Å². The second-order valence-corrected chi connectivity index (χ2v) is 3.62. The molecule has 0 radical (unpaired) electrons. The zero-order valence-corrected chi connectivity index (χ0v) is 9.30. The highest BCUT2D eigenvalue weighted by atomic mass is 16.4. The number of rotatable bonds is 6. The van der Waals surface area contributed by atoms with Gasteiger partial charge in [0.1, 0.15) is 6.04 Å².